The van der Waals surface area contributed by atoms with Crippen molar-refractivity contribution in [2.75, 3.05) is 0 Å². The van der Waals surface area contributed by atoms with Gasteiger partial charge in [0.15, 0.2) is 0 Å². The normalized spacial score (nSPS) is 9.25. The maximum atomic E-state index is 3.31. The minimum Gasteiger partial charge on any atom is -0.0586 e. The molecular weight excluding hydrogens is 164 g/mol. The smallest absolute Gasteiger partial charge is 0.0256 e. The van der Waals surface area contributed by atoms with Crippen molar-refractivity contribution in [2.24, 2.45) is 0 Å². The highest BCUT2D eigenvalue weighted by Crippen LogP contribution is 2.08. The molecule has 0 unspecified atom stereocenters. The van der Waals surface area contributed by atoms with Crippen LogP contribution in [-0.4, -0.2) is 0 Å². The Hall–Kier alpha value is -0.300. The molecule has 0 aliphatic carbocycles. The van der Waals surface area contributed by atoms with Gasteiger partial charge in [0, 0.05) is 4.47 Å². The molecule has 0 amide bonds. The van der Waals surface area contributed by atoms with Crippen molar-refractivity contribution < 1.29 is 0 Å². The lowest BCUT2D eigenvalue weighted by Gasteiger charge is -1.88. The minimum absolute atomic E-state index is 1.03. The lowest BCUT2D eigenvalue weighted by Crippen LogP contribution is -1.68. The predicted molar refractivity (Wildman–Crippen MR) is 37.7 cm³/mol. The van der Waals surface area contributed by atoms with Gasteiger partial charge in [-0.2, -0.15) is 0 Å². The Morgan fingerprint density at radius 2 is 2.38 bits per heavy atom. The van der Waals surface area contributed by atoms with Crippen molar-refractivity contribution in [1.29, 1.82) is 0 Å². The van der Waals surface area contributed by atoms with Crippen molar-refractivity contribution in [1.82, 2.24) is 0 Å². The molecule has 0 aromatic heterocycles. The summed E-state index contributed by atoms with van der Waals surface area (Å²) in [5.41, 5.74) is 1.26. The summed E-state index contributed by atoms with van der Waals surface area (Å²) in [6, 6.07) is 8.94. The monoisotopic (exact) mass is 169 g/mol. The van der Waals surface area contributed by atoms with E-state index in [4.69, 9.17) is 0 Å². The van der Waals surface area contributed by atoms with Gasteiger partial charge in [0.25, 0.3) is 0 Å². The van der Waals surface area contributed by atoms with E-state index in [1.165, 1.54) is 5.56 Å². The van der Waals surface area contributed by atoms with E-state index in [1.54, 1.807) is 0 Å². The minimum atomic E-state index is 1.03. The number of hydrogen-bond donors (Lipinski definition) is 0. The molecule has 0 nitrogen and oxygen atoms in total. The van der Waals surface area contributed by atoms with Crippen LogP contribution in [0.25, 0.3) is 0 Å². The Balaban J connectivity index is 3.08. The SMILES string of the molecule is Cc1cc[c]c(Br)c1. The van der Waals surface area contributed by atoms with Gasteiger partial charge in [-0.3, -0.25) is 0 Å². The van der Waals surface area contributed by atoms with Crippen molar-refractivity contribution in [3.63, 3.8) is 0 Å². The highest BCUT2D eigenvalue weighted by molar-refractivity contribution is 9.10. The summed E-state index contributed by atoms with van der Waals surface area (Å²) < 4.78 is 1.03. The van der Waals surface area contributed by atoms with E-state index in [2.05, 4.69) is 28.9 Å². The van der Waals surface area contributed by atoms with Gasteiger partial charge in [0.1, 0.15) is 0 Å². The maximum Gasteiger partial charge on any atom is 0.0256 e. The van der Waals surface area contributed by atoms with Crippen LogP contribution in [0.2, 0.25) is 0 Å². The lowest BCUT2D eigenvalue weighted by atomic mass is 10.2. The summed E-state index contributed by atoms with van der Waals surface area (Å²) in [4.78, 5) is 0. The van der Waals surface area contributed by atoms with Crippen LogP contribution < -0.4 is 0 Å². The van der Waals surface area contributed by atoms with E-state index < -0.39 is 0 Å². The molecule has 0 saturated heterocycles. The van der Waals surface area contributed by atoms with E-state index in [-0.39, 0.29) is 0 Å². The van der Waals surface area contributed by atoms with Gasteiger partial charge < -0.3 is 0 Å². The van der Waals surface area contributed by atoms with Crippen molar-refractivity contribution >= 4 is 15.9 Å². The molecule has 1 rings (SSSR count). The number of aryl methyl sites for hydroxylation is 1. The largest absolute Gasteiger partial charge is 0.0586 e. The second-order valence-corrected chi connectivity index (χ2v) is 2.57. The van der Waals surface area contributed by atoms with Crippen LogP contribution in [0, 0.1) is 13.0 Å². The molecule has 0 spiro atoms. The van der Waals surface area contributed by atoms with Crippen LogP contribution in [0.5, 0.6) is 0 Å². The number of rotatable bonds is 0. The van der Waals surface area contributed by atoms with Crippen LogP contribution in [0.4, 0.5) is 0 Å². The average molecular weight is 170 g/mol. The van der Waals surface area contributed by atoms with Gasteiger partial charge in [-0.15, -0.1) is 0 Å². The molecule has 0 aliphatic rings. The second kappa shape index (κ2) is 2.31. The Bertz CT molecular complexity index is 164. The first kappa shape index (κ1) is 5.83. The molecule has 1 aromatic carbocycles. The standard InChI is InChI=1S/C7H6Br/c1-6-3-2-4-7(8)5-6/h2-3,5H,1H3. The zero-order valence-corrected chi connectivity index (χ0v) is 6.20. The fraction of sp³-hybridized carbons (Fsp3) is 0.143. The fourth-order valence-electron chi connectivity index (χ4n) is 0.542. The molecule has 0 N–H and O–H groups in total. The Kier molecular flexibility index (Phi) is 1.69. The van der Waals surface area contributed by atoms with Gasteiger partial charge in [0.2, 0.25) is 0 Å². The summed E-state index contributed by atoms with van der Waals surface area (Å²) in [6.07, 6.45) is 0. The van der Waals surface area contributed by atoms with Crippen molar-refractivity contribution in [2.45, 2.75) is 6.92 Å². The molecule has 0 bridgehead atoms. The predicted octanol–water partition coefficient (Wildman–Crippen LogP) is 2.56. The topological polar surface area (TPSA) is 0 Å². The van der Waals surface area contributed by atoms with Gasteiger partial charge in [-0.05, 0) is 24.6 Å². The fourth-order valence-corrected chi connectivity index (χ4v) is 1.04. The highest BCUT2D eigenvalue weighted by Gasteiger charge is 1.83. The van der Waals surface area contributed by atoms with E-state index in [1.807, 2.05) is 18.2 Å². The summed E-state index contributed by atoms with van der Waals surface area (Å²) in [5, 5.41) is 0. The van der Waals surface area contributed by atoms with Crippen molar-refractivity contribution in [3.05, 3.63) is 34.3 Å². The zero-order chi connectivity index (χ0) is 5.98. The highest BCUT2D eigenvalue weighted by atomic mass is 79.9. The maximum absolute atomic E-state index is 3.31. The molecule has 1 heteroatoms. The van der Waals surface area contributed by atoms with Crippen LogP contribution in [0.1, 0.15) is 5.56 Å². The van der Waals surface area contributed by atoms with Gasteiger partial charge in [0.05, 0.1) is 0 Å². The van der Waals surface area contributed by atoms with Gasteiger partial charge in [-0.25, -0.2) is 0 Å². The molecule has 0 aliphatic heterocycles. The van der Waals surface area contributed by atoms with Crippen LogP contribution in [0.15, 0.2) is 22.7 Å². The zero-order valence-electron chi connectivity index (χ0n) is 4.61. The molecule has 8 heavy (non-hydrogen) atoms. The number of hydrogen-bond acceptors (Lipinski definition) is 0. The lowest BCUT2D eigenvalue weighted by molar-refractivity contribution is 1.45. The summed E-state index contributed by atoms with van der Waals surface area (Å²) in [6.45, 7) is 2.05. The summed E-state index contributed by atoms with van der Waals surface area (Å²) in [7, 11) is 0. The van der Waals surface area contributed by atoms with Gasteiger partial charge >= 0.3 is 0 Å². The van der Waals surface area contributed by atoms with Gasteiger partial charge in [-0.1, -0.05) is 28.1 Å². The quantitative estimate of drug-likeness (QED) is 0.561. The number of halogens is 1. The molecule has 0 atom stereocenters. The summed E-state index contributed by atoms with van der Waals surface area (Å²) in [5.74, 6) is 0. The molecule has 41 valence electrons. The number of benzene rings is 1. The third kappa shape index (κ3) is 1.34. The van der Waals surface area contributed by atoms with E-state index in [0.29, 0.717) is 0 Å². The van der Waals surface area contributed by atoms with Crippen molar-refractivity contribution in [3.8, 4) is 0 Å². The van der Waals surface area contributed by atoms with E-state index in [0.717, 1.165) is 4.47 Å². The first-order valence-corrected chi connectivity index (χ1v) is 3.22. The van der Waals surface area contributed by atoms with E-state index in [9.17, 15) is 0 Å². The molecule has 1 aromatic rings. The molecule has 0 fully saturated rings. The first-order valence-electron chi connectivity index (χ1n) is 2.43. The van der Waals surface area contributed by atoms with E-state index >= 15 is 0 Å². The first-order chi connectivity index (χ1) is 3.79. The third-order valence-electron chi connectivity index (χ3n) is 0.922. The Morgan fingerprint density at radius 1 is 1.62 bits per heavy atom. The molecule has 0 heterocycles. The molecule has 1 radical (unpaired) electrons. The Morgan fingerprint density at radius 3 is 2.75 bits per heavy atom. The van der Waals surface area contributed by atoms with Crippen LogP contribution in [0.3, 0.4) is 0 Å². The van der Waals surface area contributed by atoms with Crippen LogP contribution in [-0.2, 0) is 0 Å². The summed E-state index contributed by atoms with van der Waals surface area (Å²) >= 11 is 3.31. The average Bonchev–Trinajstić information content (AvgIpc) is 1.64. The van der Waals surface area contributed by atoms with Crippen LogP contribution >= 0.6 is 15.9 Å². The second-order valence-electron chi connectivity index (χ2n) is 1.71. The molecular formula is C7H6Br. The molecule has 0 saturated carbocycles. The third-order valence-corrected chi connectivity index (χ3v) is 1.38. The Labute approximate surface area is 57.7 Å².